The first-order chi connectivity index (χ1) is 24.7. The number of aliphatic carboxylic acids is 1. The molecular weight excluding hydrogens is 729 g/mol. The summed E-state index contributed by atoms with van der Waals surface area (Å²) in [6, 6.07) is 4.22. The molecule has 2 atom stereocenters. The number of carbonyl (C=O) groups is 2. The number of aromatic nitrogens is 2. The molecule has 0 aliphatic carbocycles. The standard InChI is InChI=1S/C34H34F9N5O5/c1-2-31(44)17-24(29-25(5-6-26(46-29)34(41,42)43)48(31)30(51)53-9-3-4-27(49)50)28-20(15-23(18-45-28)47-7-10-52-11-8-47)12-19-13-21(32(35,36)37)16-22(14-19)33(38,39)40/h5-6,13-16,18,24H,2-4,7-12,17,44H2,1H3,(H,49,50)/t24-,31+/m0/s1. The summed E-state index contributed by atoms with van der Waals surface area (Å²) in [4.78, 5) is 35.6. The molecule has 2 aliphatic heterocycles. The number of hydrogen-bond donors (Lipinski definition) is 2. The van der Waals surface area contributed by atoms with Crippen LogP contribution < -0.4 is 15.5 Å². The number of carbonyl (C=O) groups excluding carboxylic acids is 1. The number of halogens is 9. The molecule has 1 fully saturated rings. The number of ether oxygens (including phenoxy) is 2. The highest BCUT2D eigenvalue weighted by molar-refractivity contribution is 5.91. The number of pyridine rings is 2. The van der Waals surface area contributed by atoms with Gasteiger partial charge in [0.05, 0.1) is 59.9 Å². The van der Waals surface area contributed by atoms with Crippen molar-refractivity contribution >= 4 is 23.4 Å². The molecule has 1 saturated heterocycles. The zero-order valence-electron chi connectivity index (χ0n) is 28.0. The highest BCUT2D eigenvalue weighted by atomic mass is 19.4. The first-order valence-electron chi connectivity index (χ1n) is 16.4. The minimum Gasteiger partial charge on any atom is -0.481 e. The maximum atomic E-state index is 14.1. The Morgan fingerprint density at radius 1 is 0.962 bits per heavy atom. The van der Waals surface area contributed by atoms with Crippen molar-refractivity contribution < 1.29 is 63.7 Å². The van der Waals surface area contributed by atoms with Gasteiger partial charge in [0.15, 0.2) is 0 Å². The predicted octanol–water partition coefficient (Wildman–Crippen LogP) is 7.37. The number of nitrogens with two attached hydrogens (primary N) is 1. The Labute approximate surface area is 296 Å². The van der Waals surface area contributed by atoms with Crippen LogP contribution in [0.1, 0.15) is 77.9 Å². The van der Waals surface area contributed by atoms with Gasteiger partial charge in [-0.1, -0.05) is 6.92 Å². The Bertz CT molecular complexity index is 1800. The van der Waals surface area contributed by atoms with E-state index in [9.17, 15) is 49.1 Å². The molecule has 0 bridgehead atoms. The highest BCUT2D eigenvalue weighted by Gasteiger charge is 2.48. The summed E-state index contributed by atoms with van der Waals surface area (Å²) in [5, 5.41) is 8.93. The maximum Gasteiger partial charge on any atom is 0.433 e. The average Bonchev–Trinajstić information content (AvgIpc) is 3.08. The van der Waals surface area contributed by atoms with E-state index in [0.29, 0.717) is 50.2 Å². The van der Waals surface area contributed by atoms with Crippen LogP contribution in [-0.4, -0.2) is 65.7 Å². The molecule has 19 heteroatoms. The third-order valence-corrected chi connectivity index (χ3v) is 9.06. The lowest BCUT2D eigenvalue weighted by Gasteiger charge is -2.46. The molecule has 288 valence electrons. The number of hydrogen-bond acceptors (Lipinski definition) is 8. The number of rotatable bonds is 9. The second-order valence-electron chi connectivity index (χ2n) is 12.7. The summed E-state index contributed by atoms with van der Waals surface area (Å²) in [5.74, 6) is -2.41. The van der Waals surface area contributed by atoms with Crippen molar-refractivity contribution in [3.8, 4) is 0 Å². The number of fused-ring (bicyclic) bond motifs is 1. The lowest BCUT2D eigenvalue weighted by Crippen LogP contribution is -2.62. The van der Waals surface area contributed by atoms with Gasteiger partial charge < -0.3 is 25.2 Å². The van der Waals surface area contributed by atoms with E-state index in [1.807, 2.05) is 4.90 Å². The molecule has 1 aromatic carbocycles. The lowest BCUT2D eigenvalue weighted by atomic mass is 9.79. The van der Waals surface area contributed by atoms with Gasteiger partial charge in [0.25, 0.3) is 0 Å². The maximum absolute atomic E-state index is 14.1. The van der Waals surface area contributed by atoms with Crippen LogP contribution in [0.5, 0.6) is 0 Å². The van der Waals surface area contributed by atoms with Gasteiger partial charge >= 0.3 is 30.6 Å². The fourth-order valence-electron chi connectivity index (χ4n) is 6.41. The summed E-state index contributed by atoms with van der Waals surface area (Å²) in [7, 11) is 0. The minimum absolute atomic E-state index is 0.00779. The Hall–Kier alpha value is -4.65. The molecule has 0 radical (unpaired) electrons. The molecule has 1 amide bonds. The van der Waals surface area contributed by atoms with E-state index < -0.39 is 71.0 Å². The van der Waals surface area contributed by atoms with Gasteiger partial charge in [0, 0.05) is 25.4 Å². The number of carboxylic acids is 1. The number of anilines is 2. The van der Waals surface area contributed by atoms with Crippen LogP contribution in [0.15, 0.2) is 42.6 Å². The molecule has 4 heterocycles. The Morgan fingerprint density at radius 2 is 1.60 bits per heavy atom. The Kier molecular flexibility index (Phi) is 11.2. The van der Waals surface area contributed by atoms with Gasteiger partial charge in [-0.15, -0.1) is 0 Å². The summed E-state index contributed by atoms with van der Waals surface area (Å²) in [6.45, 7) is 2.59. The molecule has 0 unspecified atom stereocenters. The monoisotopic (exact) mass is 763 g/mol. The number of alkyl halides is 9. The summed E-state index contributed by atoms with van der Waals surface area (Å²) in [6.07, 6.45) is -16.3. The predicted molar refractivity (Wildman–Crippen MR) is 170 cm³/mol. The first kappa shape index (κ1) is 39.6. The van der Waals surface area contributed by atoms with Gasteiger partial charge in [-0.05, 0) is 73.2 Å². The lowest BCUT2D eigenvalue weighted by molar-refractivity contribution is -0.143. The zero-order valence-corrected chi connectivity index (χ0v) is 28.0. The summed E-state index contributed by atoms with van der Waals surface area (Å²) < 4.78 is 136. The second kappa shape index (κ2) is 15.0. The number of nitrogens with zero attached hydrogens (tertiary/aromatic N) is 4. The first-order valence-corrected chi connectivity index (χ1v) is 16.4. The molecule has 2 aromatic heterocycles. The minimum atomic E-state index is -5.14. The van der Waals surface area contributed by atoms with Gasteiger partial charge in [0.1, 0.15) is 11.4 Å². The number of morpholine rings is 1. The van der Waals surface area contributed by atoms with Crippen LogP contribution >= 0.6 is 0 Å². The van der Waals surface area contributed by atoms with Crippen LogP contribution in [0, 0.1) is 0 Å². The smallest absolute Gasteiger partial charge is 0.433 e. The number of benzene rings is 1. The van der Waals surface area contributed by atoms with E-state index >= 15 is 0 Å². The van der Waals surface area contributed by atoms with E-state index in [1.54, 1.807) is 6.92 Å². The van der Waals surface area contributed by atoms with Gasteiger partial charge in [-0.3, -0.25) is 14.7 Å². The third kappa shape index (κ3) is 8.94. The summed E-state index contributed by atoms with van der Waals surface area (Å²) >= 11 is 0. The van der Waals surface area contributed by atoms with Crippen molar-refractivity contribution in [2.75, 3.05) is 42.7 Å². The van der Waals surface area contributed by atoms with Crippen LogP contribution in [0.25, 0.3) is 0 Å². The Morgan fingerprint density at radius 3 is 2.17 bits per heavy atom. The largest absolute Gasteiger partial charge is 0.481 e. The van der Waals surface area contributed by atoms with Gasteiger partial charge in [-0.25, -0.2) is 9.78 Å². The fraction of sp³-hybridized carbons (Fsp3) is 0.471. The molecular formula is C34H34F9N5O5. The van der Waals surface area contributed by atoms with E-state index in [0.717, 1.165) is 11.0 Å². The molecule has 0 spiro atoms. The van der Waals surface area contributed by atoms with E-state index in [2.05, 4.69) is 9.97 Å². The van der Waals surface area contributed by atoms with E-state index in [-0.39, 0.29) is 61.0 Å². The zero-order chi connectivity index (χ0) is 38.9. The topological polar surface area (TPSA) is 131 Å². The average molecular weight is 764 g/mol. The molecule has 53 heavy (non-hydrogen) atoms. The van der Waals surface area contributed by atoms with Gasteiger partial charge in [-0.2, -0.15) is 39.5 Å². The van der Waals surface area contributed by atoms with E-state index in [4.69, 9.17) is 20.3 Å². The third-order valence-electron chi connectivity index (χ3n) is 9.06. The number of carboxylic acid groups (broad SMARTS) is 1. The van der Waals surface area contributed by atoms with Crippen LogP contribution in [0.3, 0.4) is 0 Å². The van der Waals surface area contributed by atoms with Crippen molar-refractivity contribution in [3.05, 3.63) is 81.9 Å². The van der Waals surface area contributed by atoms with Gasteiger partial charge in [0.2, 0.25) is 0 Å². The van der Waals surface area contributed by atoms with Crippen LogP contribution in [0.4, 0.5) is 55.7 Å². The SMILES string of the molecule is CC[C@]1(N)C[C@@H](c2ncc(N3CCOCC3)cc2Cc2cc(C(F)(F)F)cc(C(F)(F)F)c2)c2nc(C(F)(F)F)ccc2N1C(=O)OCCCC(=O)O. The second-order valence-corrected chi connectivity index (χ2v) is 12.7. The highest BCUT2D eigenvalue weighted by Crippen LogP contribution is 2.47. The molecule has 2 aliphatic rings. The molecule has 10 nitrogen and oxygen atoms in total. The normalized spacial score (nSPS) is 19.6. The van der Waals surface area contributed by atoms with Crippen molar-refractivity contribution in [1.29, 1.82) is 0 Å². The molecule has 0 saturated carbocycles. The fourth-order valence-corrected chi connectivity index (χ4v) is 6.41. The van der Waals surface area contributed by atoms with Crippen molar-refractivity contribution in [1.82, 2.24) is 9.97 Å². The van der Waals surface area contributed by atoms with Crippen LogP contribution in [0.2, 0.25) is 0 Å². The van der Waals surface area contributed by atoms with Crippen molar-refractivity contribution in [2.45, 2.75) is 69.1 Å². The quantitative estimate of drug-likeness (QED) is 0.170. The molecule has 3 N–H and O–H groups in total. The van der Waals surface area contributed by atoms with E-state index in [1.165, 1.54) is 12.3 Å². The molecule has 5 rings (SSSR count). The molecule has 3 aromatic rings. The number of amides is 1. The van der Waals surface area contributed by atoms with Crippen molar-refractivity contribution in [2.24, 2.45) is 5.73 Å². The van der Waals surface area contributed by atoms with Crippen LogP contribution in [-0.2, 0) is 39.2 Å². The summed E-state index contributed by atoms with van der Waals surface area (Å²) in [5.41, 5.74) is 0.189. The Balaban J connectivity index is 1.69. The van der Waals surface area contributed by atoms with Crippen molar-refractivity contribution in [3.63, 3.8) is 0 Å².